The van der Waals surface area contributed by atoms with E-state index in [9.17, 15) is 13.2 Å². The maximum absolute atomic E-state index is 13.1. The van der Waals surface area contributed by atoms with E-state index in [0.717, 1.165) is 5.56 Å². The summed E-state index contributed by atoms with van der Waals surface area (Å²) in [4.78, 5) is 13.3. The smallest absolute Gasteiger partial charge is 0.414 e. The summed E-state index contributed by atoms with van der Waals surface area (Å²) in [5, 5.41) is 0. The molecule has 7 heteroatoms. The number of benzene rings is 2. The van der Waals surface area contributed by atoms with Crippen LogP contribution in [-0.4, -0.2) is 38.0 Å². The first-order chi connectivity index (χ1) is 12.4. The Balaban J connectivity index is 1.86. The van der Waals surface area contributed by atoms with Gasteiger partial charge in [-0.3, -0.25) is 4.90 Å². The third-order valence-corrected chi connectivity index (χ3v) is 6.31. The molecule has 3 rings (SSSR count). The summed E-state index contributed by atoms with van der Waals surface area (Å²) in [6, 6.07) is 15.7. The van der Waals surface area contributed by atoms with Gasteiger partial charge in [-0.05, 0) is 43.7 Å². The van der Waals surface area contributed by atoms with Crippen LogP contribution in [0.25, 0.3) is 0 Å². The predicted molar refractivity (Wildman–Crippen MR) is 99.4 cm³/mol. The van der Waals surface area contributed by atoms with Crippen molar-refractivity contribution in [3.8, 4) is 0 Å². The molecule has 1 amide bonds. The number of amides is 1. The summed E-state index contributed by atoms with van der Waals surface area (Å²) in [7, 11) is -3.65. The highest BCUT2D eigenvalue weighted by Gasteiger charge is 2.28. The van der Waals surface area contributed by atoms with E-state index in [-0.39, 0.29) is 10.9 Å². The molecule has 2 aromatic rings. The fourth-order valence-electron chi connectivity index (χ4n) is 2.87. The highest BCUT2D eigenvalue weighted by Crippen LogP contribution is 2.25. The molecule has 0 N–H and O–H groups in total. The number of anilines is 1. The summed E-state index contributed by atoms with van der Waals surface area (Å²) < 4.78 is 32.6. The van der Waals surface area contributed by atoms with Crippen molar-refractivity contribution >= 4 is 21.8 Å². The number of carbonyl (C=O) groups is 1. The number of hydrogen-bond donors (Lipinski definition) is 0. The molecule has 138 valence electrons. The average Bonchev–Trinajstić information content (AvgIpc) is 3.06. The highest BCUT2D eigenvalue weighted by atomic mass is 32.2. The Morgan fingerprint density at radius 1 is 1.08 bits per heavy atom. The van der Waals surface area contributed by atoms with Crippen LogP contribution in [0.2, 0.25) is 0 Å². The Hall–Kier alpha value is -2.38. The zero-order valence-electron chi connectivity index (χ0n) is 14.8. The van der Waals surface area contributed by atoms with Crippen LogP contribution in [0.4, 0.5) is 10.5 Å². The molecule has 0 atom stereocenters. The Morgan fingerprint density at radius 3 is 2.27 bits per heavy atom. The molecule has 0 bridgehead atoms. The van der Waals surface area contributed by atoms with Gasteiger partial charge in [0.25, 0.3) is 0 Å². The van der Waals surface area contributed by atoms with E-state index in [2.05, 4.69) is 0 Å². The lowest BCUT2D eigenvalue weighted by Gasteiger charge is -2.26. The normalized spacial score (nSPS) is 14.9. The van der Waals surface area contributed by atoms with Crippen LogP contribution in [-0.2, 0) is 21.3 Å². The molecule has 1 heterocycles. The Bertz CT molecular complexity index is 864. The number of sulfonamides is 1. The first-order valence-electron chi connectivity index (χ1n) is 8.50. The molecular formula is C19H22N2O4S. The lowest BCUT2D eigenvalue weighted by Crippen LogP contribution is -2.36. The van der Waals surface area contributed by atoms with Crippen molar-refractivity contribution < 1.29 is 17.9 Å². The number of cyclic esters (lactones) is 1. The van der Waals surface area contributed by atoms with Gasteiger partial charge in [-0.2, -0.15) is 4.31 Å². The van der Waals surface area contributed by atoms with E-state index in [1.165, 1.54) is 21.3 Å². The predicted octanol–water partition coefficient (Wildman–Crippen LogP) is 3.24. The van der Waals surface area contributed by atoms with E-state index in [0.29, 0.717) is 25.4 Å². The summed E-state index contributed by atoms with van der Waals surface area (Å²) in [5.74, 6) is 0. The molecule has 1 saturated heterocycles. The monoisotopic (exact) mass is 374 g/mol. The van der Waals surface area contributed by atoms with Crippen LogP contribution in [0.1, 0.15) is 19.4 Å². The third-order valence-electron chi connectivity index (χ3n) is 4.27. The fraction of sp³-hybridized carbons (Fsp3) is 0.316. The second-order valence-electron chi connectivity index (χ2n) is 6.39. The molecule has 0 spiro atoms. The Labute approximate surface area is 154 Å². The van der Waals surface area contributed by atoms with Gasteiger partial charge in [-0.25, -0.2) is 13.2 Å². The molecule has 1 fully saturated rings. The molecule has 26 heavy (non-hydrogen) atoms. The zero-order chi connectivity index (χ0) is 18.7. The maximum atomic E-state index is 13.1. The minimum atomic E-state index is -3.65. The second-order valence-corrected chi connectivity index (χ2v) is 8.28. The molecular weight excluding hydrogens is 352 g/mol. The average molecular weight is 374 g/mol. The number of ether oxygens (including phenoxy) is 1. The first kappa shape index (κ1) is 18.4. The Kier molecular flexibility index (Phi) is 5.29. The highest BCUT2D eigenvalue weighted by molar-refractivity contribution is 7.89. The molecule has 0 saturated carbocycles. The summed E-state index contributed by atoms with van der Waals surface area (Å²) in [6.45, 7) is 4.83. The number of rotatable bonds is 6. The topological polar surface area (TPSA) is 66.9 Å². The lowest BCUT2D eigenvalue weighted by molar-refractivity contribution is 0.181. The molecule has 1 aliphatic heterocycles. The van der Waals surface area contributed by atoms with Crippen molar-refractivity contribution in [2.45, 2.75) is 31.3 Å². The van der Waals surface area contributed by atoms with E-state index < -0.39 is 16.1 Å². The van der Waals surface area contributed by atoms with Crippen LogP contribution < -0.4 is 4.90 Å². The molecule has 1 aliphatic rings. The van der Waals surface area contributed by atoms with Gasteiger partial charge in [-0.1, -0.05) is 30.3 Å². The minimum absolute atomic E-state index is 0.187. The lowest BCUT2D eigenvalue weighted by atomic mass is 10.2. The van der Waals surface area contributed by atoms with Gasteiger partial charge in [0, 0.05) is 18.3 Å². The summed E-state index contributed by atoms with van der Waals surface area (Å²) in [5.41, 5.74) is 1.56. The molecule has 0 unspecified atom stereocenters. The largest absolute Gasteiger partial charge is 0.447 e. The van der Waals surface area contributed by atoms with E-state index in [1.807, 2.05) is 44.2 Å². The summed E-state index contributed by atoms with van der Waals surface area (Å²) in [6.07, 6.45) is -0.409. The van der Waals surface area contributed by atoms with Gasteiger partial charge >= 0.3 is 6.09 Å². The fourth-order valence-corrected chi connectivity index (χ4v) is 4.49. The van der Waals surface area contributed by atoms with Crippen LogP contribution in [0, 0.1) is 0 Å². The van der Waals surface area contributed by atoms with Gasteiger partial charge < -0.3 is 4.74 Å². The van der Waals surface area contributed by atoms with Crippen molar-refractivity contribution in [2.24, 2.45) is 0 Å². The third kappa shape index (κ3) is 3.73. The zero-order valence-corrected chi connectivity index (χ0v) is 15.6. The van der Waals surface area contributed by atoms with Crippen molar-refractivity contribution in [3.05, 3.63) is 60.2 Å². The van der Waals surface area contributed by atoms with Gasteiger partial charge in [0.1, 0.15) is 6.61 Å². The quantitative estimate of drug-likeness (QED) is 0.778. The number of nitrogens with zero attached hydrogens (tertiary/aromatic N) is 2. The standard InChI is InChI=1S/C19H22N2O4S/c1-15(2)21(14-16-6-4-3-5-7-16)26(23,24)18-10-8-17(9-11-18)20-12-13-25-19(20)22/h3-11,15H,12-14H2,1-2H3. The second kappa shape index (κ2) is 7.47. The molecule has 0 radical (unpaired) electrons. The number of hydrogen-bond acceptors (Lipinski definition) is 4. The summed E-state index contributed by atoms with van der Waals surface area (Å²) >= 11 is 0. The van der Waals surface area contributed by atoms with Crippen molar-refractivity contribution in [2.75, 3.05) is 18.1 Å². The van der Waals surface area contributed by atoms with Crippen molar-refractivity contribution in [3.63, 3.8) is 0 Å². The van der Waals surface area contributed by atoms with Crippen molar-refractivity contribution in [1.29, 1.82) is 0 Å². The molecule has 0 aromatic heterocycles. The molecule has 6 nitrogen and oxygen atoms in total. The van der Waals surface area contributed by atoms with Crippen LogP contribution in [0.3, 0.4) is 0 Å². The van der Waals surface area contributed by atoms with Crippen molar-refractivity contribution in [1.82, 2.24) is 4.31 Å². The SMILES string of the molecule is CC(C)N(Cc1ccccc1)S(=O)(=O)c1ccc(N2CCOC2=O)cc1. The number of carbonyl (C=O) groups excluding carboxylic acids is 1. The van der Waals surface area contributed by atoms with E-state index >= 15 is 0 Å². The van der Waals surface area contributed by atoms with Crippen LogP contribution in [0.15, 0.2) is 59.5 Å². The van der Waals surface area contributed by atoms with Crippen LogP contribution >= 0.6 is 0 Å². The first-order valence-corrected chi connectivity index (χ1v) is 9.94. The van der Waals surface area contributed by atoms with E-state index in [4.69, 9.17) is 4.74 Å². The van der Waals surface area contributed by atoms with E-state index in [1.54, 1.807) is 12.1 Å². The van der Waals surface area contributed by atoms with Gasteiger partial charge in [-0.15, -0.1) is 0 Å². The van der Waals surface area contributed by atoms with Gasteiger partial charge in [0.15, 0.2) is 0 Å². The van der Waals surface area contributed by atoms with Gasteiger partial charge in [0.2, 0.25) is 10.0 Å². The Morgan fingerprint density at radius 2 is 1.73 bits per heavy atom. The maximum Gasteiger partial charge on any atom is 0.414 e. The van der Waals surface area contributed by atoms with Gasteiger partial charge in [0.05, 0.1) is 11.4 Å². The molecule has 0 aliphatic carbocycles. The van der Waals surface area contributed by atoms with Crippen LogP contribution in [0.5, 0.6) is 0 Å². The molecule has 2 aromatic carbocycles. The minimum Gasteiger partial charge on any atom is -0.447 e.